The molecule has 0 unspecified atom stereocenters. The summed E-state index contributed by atoms with van der Waals surface area (Å²) in [5.74, 6) is 1.43. The van der Waals surface area contributed by atoms with E-state index in [1.165, 1.54) is 6.07 Å². The predicted molar refractivity (Wildman–Crippen MR) is 59.5 cm³/mol. The topological polar surface area (TPSA) is 72.2 Å². The number of nitrogens with two attached hydrogens (primary N) is 1. The Morgan fingerprint density at radius 1 is 1.50 bits per heavy atom. The van der Waals surface area contributed by atoms with Crippen LogP contribution in [0.15, 0.2) is 23.1 Å². The van der Waals surface area contributed by atoms with Gasteiger partial charge in [0.05, 0.1) is 0 Å². The van der Waals surface area contributed by atoms with Crippen LogP contribution in [-0.4, -0.2) is 15.0 Å². The van der Waals surface area contributed by atoms with Gasteiger partial charge in [0.15, 0.2) is 0 Å². The molecule has 0 aliphatic heterocycles. The van der Waals surface area contributed by atoms with Crippen molar-refractivity contribution in [2.45, 2.75) is 11.3 Å². The van der Waals surface area contributed by atoms with Gasteiger partial charge in [-0.05, 0) is 18.2 Å². The van der Waals surface area contributed by atoms with Gasteiger partial charge in [-0.25, -0.2) is 17.5 Å². The summed E-state index contributed by atoms with van der Waals surface area (Å²) < 4.78 is 38.6. The van der Waals surface area contributed by atoms with Crippen LogP contribution < -0.4 is 10.5 Å². The molecular formula is C10H11FN2O2S. The minimum atomic E-state index is -3.89. The maximum absolute atomic E-state index is 13.3. The van der Waals surface area contributed by atoms with Crippen LogP contribution in [-0.2, 0) is 10.0 Å². The molecule has 0 aromatic heterocycles. The van der Waals surface area contributed by atoms with E-state index < -0.39 is 20.7 Å². The van der Waals surface area contributed by atoms with Gasteiger partial charge in [0.25, 0.3) is 0 Å². The van der Waals surface area contributed by atoms with Crippen LogP contribution in [0.3, 0.4) is 0 Å². The quantitative estimate of drug-likeness (QED) is 0.464. The second-order valence-electron chi connectivity index (χ2n) is 3.04. The first-order chi connectivity index (χ1) is 7.47. The van der Waals surface area contributed by atoms with Crippen molar-refractivity contribution in [1.29, 1.82) is 0 Å². The number of hydrogen-bond donors (Lipinski definition) is 2. The average molecular weight is 242 g/mol. The fraction of sp³-hybridized carbons (Fsp3) is 0.200. The summed E-state index contributed by atoms with van der Waals surface area (Å²) in [5.41, 5.74) is 5.57. The van der Waals surface area contributed by atoms with Crippen molar-refractivity contribution in [3.8, 4) is 12.3 Å². The predicted octanol–water partition coefficient (Wildman–Crippen LogP) is 0.709. The van der Waals surface area contributed by atoms with Crippen LogP contribution in [0, 0.1) is 18.2 Å². The molecule has 0 aliphatic rings. The summed E-state index contributed by atoms with van der Waals surface area (Å²) >= 11 is 0. The van der Waals surface area contributed by atoms with Crippen LogP contribution in [0.1, 0.15) is 6.42 Å². The lowest BCUT2D eigenvalue weighted by Crippen LogP contribution is -2.25. The number of halogens is 1. The molecule has 0 radical (unpaired) electrons. The highest BCUT2D eigenvalue weighted by atomic mass is 32.2. The molecule has 6 heteroatoms. The van der Waals surface area contributed by atoms with E-state index >= 15 is 0 Å². The summed E-state index contributed by atoms with van der Waals surface area (Å²) in [6, 6.07) is 3.36. The van der Waals surface area contributed by atoms with Gasteiger partial charge in [0, 0.05) is 18.7 Å². The average Bonchev–Trinajstić information content (AvgIpc) is 2.22. The van der Waals surface area contributed by atoms with Crippen molar-refractivity contribution in [3.63, 3.8) is 0 Å². The van der Waals surface area contributed by atoms with Crippen molar-refractivity contribution in [3.05, 3.63) is 24.0 Å². The second-order valence-corrected chi connectivity index (χ2v) is 4.78. The van der Waals surface area contributed by atoms with Gasteiger partial charge in [-0.2, -0.15) is 0 Å². The molecule has 0 heterocycles. The molecule has 0 bridgehead atoms. The first-order valence-electron chi connectivity index (χ1n) is 4.45. The number of nitrogens with one attached hydrogen (secondary N) is 1. The van der Waals surface area contributed by atoms with Gasteiger partial charge >= 0.3 is 0 Å². The highest BCUT2D eigenvalue weighted by molar-refractivity contribution is 7.89. The fourth-order valence-electron chi connectivity index (χ4n) is 1.06. The van der Waals surface area contributed by atoms with E-state index in [1.54, 1.807) is 0 Å². The van der Waals surface area contributed by atoms with Crippen LogP contribution in [0.2, 0.25) is 0 Å². The summed E-state index contributed by atoms with van der Waals surface area (Å²) in [6.07, 6.45) is 5.21. The Morgan fingerprint density at radius 2 is 2.19 bits per heavy atom. The smallest absolute Gasteiger partial charge is 0.243 e. The van der Waals surface area contributed by atoms with Gasteiger partial charge in [0.1, 0.15) is 10.7 Å². The maximum Gasteiger partial charge on any atom is 0.243 e. The zero-order valence-electron chi connectivity index (χ0n) is 8.40. The Bertz CT molecular complexity index is 520. The summed E-state index contributed by atoms with van der Waals surface area (Å²) in [5, 5.41) is 0. The molecule has 1 aromatic carbocycles. The lowest BCUT2D eigenvalue weighted by atomic mass is 10.3. The van der Waals surface area contributed by atoms with Crippen molar-refractivity contribution >= 4 is 15.7 Å². The van der Waals surface area contributed by atoms with E-state index in [2.05, 4.69) is 10.6 Å². The van der Waals surface area contributed by atoms with E-state index in [0.717, 1.165) is 12.1 Å². The fourth-order valence-corrected chi connectivity index (χ4v) is 2.20. The van der Waals surface area contributed by atoms with Crippen LogP contribution >= 0.6 is 0 Å². The van der Waals surface area contributed by atoms with Gasteiger partial charge in [-0.1, -0.05) is 0 Å². The lowest BCUT2D eigenvalue weighted by molar-refractivity contribution is 0.558. The van der Waals surface area contributed by atoms with E-state index in [1.807, 2.05) is 0 Å². The largest absolute Gasteiger partial charge is 0.399 e. The van der Waals surface area contributed by atoms with Crippen LogP contribution in [0.5, 0.6) is 0 Å². The Kier molecular flexibility index (Phi) is 3.88. The number of nitrogen functional groups attached to an aromatic ring is 1. The molecule has 1 aromatic rings. The molecule has 16 heavy (non-hydrogen) atoms. The van der Waals surface area contributed by atoms with E-state index in [4.69, 9.17) is 12.2 Å². The minimum Gasteiger partial charge on any atom is -0.399 e. The van der Waals surface area contributed by atoms with Crippen molar-refractivity contribution in [2.24, 2.45) is 0 Å². The molecule has 86 valence electrons. The van der Waals surface area contributed by atoms with E-state index in [9.17, 15) is 12.8 Å². The minimum absolute atomic E-state index is 0.0626. The highest BCUT2D eigenvalue weighted by Crippen LogP contribution is 2.17. The molecule has 0 aliphatic carbocycles. The third-order valence-electron chi connectivity index (χ3n) is 1.81. The Labute approximate surface area is 93.7 Å². The molecule has 1 rings (SSSR count). The van der Waals surface area contributed by atoms with Crippen molar-refractivity contribution < 1.29 is 12.8 Å². The molecule has 3 N–H and O–H groups in total. The Balaban J connectivity index is 2.99. The molecule has 0 amide bonds. The molecule has 4 nitrogen and oxygen atoms in total. The number of rotatable bonds is 4. The number of terminal acetylenes is 1. The SMILES string of the molecule is C#CCCNS(=O)(=O)c1cc(N)ccc1F. The molecular weight excluding hydrogens is 231 g/mol. The first kappa shape index (κ1) is 12.5. The van der Waals surface area contributed by atoms with Gasteiger partial charge < -0.3 is 5.73 Å². The first-order valence-corrected chi connectivity index (χ1v) is 5.94. The maximum atomic E-state index is 13.3. The van der Waals surface area contributed by atoms with E-state index in [-0.39, 0.29) is 18.7 Å². The molecule has 0 fully saturated rings. The van der Waals surface area contributed by atoms with Gasteiger partial charge in [-0.3, -0.25) is 0 Å². The third kappa shape index (κ3) is 2.95. The van der Waals surface area contributed by atoms with Crippen LogP contribution in [0.25, 0.3) is 0 Å². The van der Waals surface area contributed by atoms with Crippen LogP contribution in [0.4, 0.5) is 10.1 Å². The Morgan fingerprint density at radius 3 is 2.81 bits per heavy atom. The van der Waals surface area contributed by atoms with Crippen molar-refractivity contribution in [2.75, 3.05) is 12.3 Å². The van der Waals surface area contributed by atoms with Gasteiger partial charge in [0.2, 0.25) is 10.0 Å². The zero-order valence-corrected chi connectivity index (χ0v) is 9.22. The third-order valence-corrected chi connectivity index (χ3v) is 3.28. The number of benzene rings is 1. The highest BCUT2D eigenvalue weighted by Gasteiger charge is 2.18. The van der Waals surface area contributed by atoms with Crippen molar-refractivity contribution in [1.82, 2.24) is 4.72 Å². The summed E-state index contributed by atoms with van der Waals surface area (Å²) in [6.45, 7) is 0.0626. The summed E-state index contributed by atoms with van der Waals surface area (Å²) in [7, 11) is -3.89. The molecule has 0 saturated carbocycles. The summed E-state index contributed by atoms with van der Waals surface area (Å²) in [4.78, 5) is -0.468. The number of hydrogen-bond acceptors (Lipinski definition) is 3. The number of sulfonamides is 1. The van der Waals surface area contributed by atoms with Gasteiger partial charge in [-0.15, -0.1) is 12.3 Å². The normalized spacial score (nSPS) is 11.0. The second kappa shape index (κ2) is 4.96. The molecule has 0 saturated heterocycles. The standard InChI is InChI=1S/C10H11FN2O2S/c1-2-3-6-13-16(14,15)10-7-8(12)4-5-9(10)11/h1,4-5,7,13H,3,6,12H2. The zero-order chi connectivity index (χ0) is 12.2. The lowest BCUT2D eigenvalue weighted by Gasteiger charge is -2.06. The number of anilines is 1. The molecule has 0 atom stereocenters. The Hall–Kier alpha value is -1.58. The monoisotopic (exact) mass is 242 g/mol. The van der Waals surface area contributed by atoms with E-state index in [0.29, 0.717) is 0 Å². The molecule has 0 spiro atoms.